The largest absolute Gasteiger partial charge is 0.421 e. The first-order valence-electron chi connectivity index (χ1n) is 9.86. The van der Waals surface area contributed by atoms with Gasteiger partial charge in [0.25, 0.3) is 0 Å². The van der Waals surface area contributed by atoms with Crippen molar-refractivity contribution in [1.82, 2.24) is 25.3 Å². The molecule has 160 valence electrons. The van der Waals surface area contributed by atoms with E-state index in [2.05, 4.69) is 25.3 Å². The van der Waals surface area contributed by atoms with E-state index in [4.69, 9.17) is 10.5 Å². The van der Waals surface area contributed by atoms with Crippen molar-refractivity contribution >= 4 is 17.5 Å². The first-order chi connectivity index (χ1) is 14.9. The van der Waals surface area contributed by atoms with Gasteiger partial charge >= 0.3 is 6.01 Å². The van der Waals surface area contributed by atoms with Crippen molar-refractivity contribution in [2.75, 3.05) is 23.7 Å². The van der Waals surface area contributed by atoms with Gasteiger partial charge in [0.1, 0.15) is 18.0 Å². The van der Waals surface area contributed by atoms with Crippen molar-refractivity contribution in [3.05, 3.63) is 48.3 Å². The highest BCUT2D eigenvalue weighted by Gasteiger charge is 2.31. The van der Waals surface area contributed by atoms with Crippen LogP contribution in [0.3, 0.4) is 0 Å². The Morgan fingerprint density at radius 3 is 2.81 bits per heavy atom. The summed E-state index contributed by atoms with van der Waals surface area (Å²) in [5, 5.41) is 2.94. The average molecular weight is 423 g/mol. The van der Waals surface area contributed by atoms with Gasteiger partial charge in [-0.3, -0.25) is 4.79 Å². The van der Waals surface area contributed by atoms with E-state index in [9.17, 15) is 9.18 Å². The first-order valence-corrected chi connectivity index (χ1v) is 9.86. The Bertz CT molecular complexity index is 1120. The smallest absolute Gasteiger partial charge is 0.322 e. The van der Waals surface area contributed by atoms with E-state index in [1.165, 1.54) is 18.5 Å². The molecule has 0 aliphatic carbocycles. The molecule has 1 amide bonds. The minimum Gasteiger partial charge on any atom is -0.421 e. The van der Waals surface area contributed by atoms with Gasteiger partial charge in [0.15, 0.2) is 11.6 Å². The monoisotopic (exact) mass is 423 g/mol. The number of nitrogens with one attached hydrogen (secondary N) is 1. The topological polar surface area (TPSA) is 119 Å². The van der Waals surface area contributed by atoms with E-state index in [-0.39, 0.29) is 29.5 Å². The van der Waals surface area contributed by atoms with Gasteiger partial charge in [0, 0.05) is 31.4 Å². The van der Waals surface area contributed by atoms with Crippen LogP contribution in [0.5, 0.6) is 11.8 Å². The Kier molecular flexibility index (Phi) is 5.61. The minimum absolute atomic E-state index is 0.00215. The summed E-state index contributed by atoms with van der Waals surface area (Å²) in [5.41, 5.74) is 7.87. The van der Waals surface area contributed by atoms with Gasteiger partial charge in [-0.2, -0.15) is 0 Å². The summed E-state index contributed by atoms with van der Waals surface area (Å²) in [7, 11) is 0. The number of carbonyl (C=O) groups excluding carboxylic acids is 1. The summed E-state index contributed by atoms with van der Waals surface area (Å²) in [6.07, 6.45) is 3.35. The van der Waals surface area contributed by atoms with Crippen molar-refractivity contribution < 1.29 is 13.9 Å². The van der Waals surface area contributed by atoms with Crippen molar-refractivity contribution in [1.29, 1.82) is 0 Å². The molecule has 31 heavy (non-hydrogen) atoms. The zero-order valence-corrected chi connectivity index (χ0v) is 17.2. The lowest BCUT2D eigenvalue weighted by Gasteiger charge is -2.41. The van der Waals surface area contributed by atoms with Gasteiger partial charge in [-0.25, -0.2) is 24.3 Å². The van der Waals surface area contributed by atoms with Crippen LogP contribution in [-0.4, -0.2) is 45.0 Å². The molecule has 3 N–H and O–H groups in total. The van der Waals surface area contributed by atoms with Crippen LogP contribution in [0.15, 0.2) is 36.8 Å². The molecular weight excluding hydrogens is 401 g/mol. The normalized spacial score (nSPS) is 13.6. The van der Waals surface area contributed by atoms with Gasteiger partial charge in [-0.05, 0) is 30.7 Å². The molecule has 1 aliphatic rings. The predicted molar refractivity (Wildman–Crippen MR) is 113 cm³/mol. The molecule has 0 spiro atoms. The van der Waals surface area contributed by atoms with Gasteiger partial charge in [-0.15, -0.1) is 0 Å². The second kappa shape index (κ2) is 8.50. The Morgan fingerprint density at radius 2 is 2.10 bits per heavy atom. The zero-order valence-electron chi connectivity index (χ0n) is 17.2. The van der Waals surface area contributed by atoms with Gasteiger partial charge in [0.05, 0.1) is 11.6 Å². The number of halogens is 1. The maximum absolute atomic E-state index is 14.8. The van der Waals surface area contributed by atoms with Crippen molar-refractivity contribution in [2.24, 2.45) is 0 Å². The number of hydrogen-bond acceptors (Lipinski definition) is 8. The van der Waals surface area contributed by atoms with Crippen molar-refractivity contribution in [3.63, 3.8) is 0 Å². The van der Waals surface area contributed by atoms with E-state index in [1.807, 2.05) is 11.8 Å². The summed E-state index contributed by atoms with van der Waals surface area (Å²) < 4.78 is 20.3. The molecule has 3 heterocycles. The fourth-order valence-corrected chi connectivity index (χ4v) is 3.29. The lowest BCUT2D eigenvalue weighted by atomic mass is 10.0. The lowest BCUT2D eigenvalue weighted by Crippen LogP contribution is -2.59. The Labute approximate surface area is 178 Å². The quantitative estimate of drug-likeness (QED) is 0.621. The summed E-state index contributed by atoms with van der Waals surface area (Å²) in [5.74, 6) is 0.235. The van der Waals surface area contributed by atoms with Gasteiger partial charge < -0.3 is 20.7 Å². The number of amides is 1. The maximum atomic E-state index is 14.8. The third-order valence-electron chi connectivity index (χ3n) is 4.92. The highest BCUT2D eigenvalue weighted by atomic mass is 19.1. The number of nitrogens with two attached hydrogens (primary N) is 1. The minimum atomic E-state index is -0.589. The highest BCUT2D eigenvalue weighted by Crippen LogP contribution is 2.37. The molecule has 2 aromatic heterocycles. The molecule has 10 heteroatoms. The van der Waals surface area contributed by atoms with E-state index < -0.39 is 5.82 Å². The van der Waals surface area contributed by atoms with E-state index in [0.29, 0.717) is 42.1 Å². The third-order valence-corrected chi connectivity index (χ3v) is 4.92. The third kappa shape index (κ3) is 4.37. The molecule has 0 atom stereocenters. The molecule has 0 saturated carbocycles. The van der Waals surface area contributed by atoms with E-state index >= 15 is 0 Å². The van der Waals surface area contributed by atoms with Crippen LogP contribution < -0.4 is 20.7 Å². The number of ether oxygens (including phenoxy) is 1. The van der Waals surface area contributed by atoms with Crippen LogP contribution in [-0.2, 0) is 4.79 Å². The molecule has 0 unspecified atom stereocenters. The molecule has 1 fully saturated rings. The van der Waals surface area contributed by atoms with Gasteiger partial charge in [-0.1, -0.05) is 13.0 Å². The average Bonchev–Trinajstić information content (AvgIpc) is 2.71. The molecular formula is C21H22FN7O2. The van der Waals surface area contributed by atoms with E-state index in [1.54, 1.807) is 25.3 Å². The number of carbonyl (C=O) groups is 1. The highest BCUT2D eigenvalue weighted by molar-refractivity contribution is 5.85. The Morgan fingerprint density at radius 1 is 1.29 bits per heavy atom. The van der Waals surface area contributed by atoms with Crippen LogP contribution in [0, 0.1) is 12.7 Å². The molecule has 0 bridgehead atoms. The summed E-state index contributed by atoms with van der Waals surface area (Å²) in [6.45, 7) is 4.77. The number of anilines is 2. The number of nitrogens with zero attached hydrogens (tertiary/aromatic N) is 5. The number of nitrogen functional groups attached to an aromatic ring is 1. The second-order valence-electron chi connectivity index (χ2n) is 7.21. The van der Waals surface area contributed by atoms with Crippen LogP contribution in [0.1, 0.15) is 19.0 Å². The summed E-state index contributed by atoms with van der Waals surface area (Å²) in [4.78, 5) is 30.1. The molecule has 1 saturated heterocycles. The van der Waals surface area contributed by atoms with Crippen molar-refractivity contribution in [2.45, 2.75) is 26.3 Å². The molecule has 3 aromatic rings. The standard InChI is InChI=1S/C21H22FN7O2/c1-3-17(30)28-14-9-29(10-14)20-18(19(23)25-11-26-20)13-4-5-16(15(22)8-13)31-21-24-7-6-12(2)27-21/h4-8,11,14H,3,9-10H2,1-2H3,(H,28,30)(H2,23,25,26). The van der Waals surface area contributed by atoms with Crippen LogP contribution in [0.25, 0.3) is 11.1 Å². The molecule has 1 aromatic carbocycles. The number of hydrogen-bond donors (Lipinski definition) is 2. The van der Waals surface area contributed by atoms with Crippen molar-refractivity contribution in [3.8, 4) is 22.9 Å². The summed E-state index contributed by atoms with van der Waals surface area (Å²) >= 11 is 0. The maximum Gasteiger partial charge on any atom is 0.322 e. The van der Waals surface area contributed by atoms with E-state index in [0.717, 1.165) is 0 Å². The van der Waals surface area contributed by atoms with Crippen LogP contribution >= 0.6 is 0 Å². The fraction of sp³-hybridized carbons (Fsp3) is 0.286. The lowest BCUT2D eigenvalue weighted by molar-refractivity contribution is -0.121. The Hall–Kier alpha value is -3.82. The second-order valence-corrected chi connectivity index (χ2v) is 7.21. The number of aromatic nitrogens is 4. The number of benzene rings is 1. The van der Waals surface area contributed by atoms with Gasteiger partial charge in [0.2, 0.25) is 5.91 Å². The SMILES string of the molecule is CCC(=O)NC1CN(c2ncnc(N)c2-c2ccc(Oc3nccc(C)n3)c(F)c2)C1. The van der Waals surface area contributed by atoms with Crippen LogP contribution in [0.4, 0.5) is 16.0 Å². The molecule has 1 aliphatic heterocycles. The fourth-order valence-electron chi connectivity index (χ4n) is 3.29. The first kappa shape index (κ1) is 20.5. The summed E-state index contributed by atoms with van der Waals surface area (Å²) in [6, 6.07) is 6.32. The van der Waals surface area contributed by atoms with Crippen LogP contribution in [0.2, 0.25) is 0 Å². The Balaban J connectivity index is 1.57. The predicted octanol–water partition coefficient (Wildman–Crippen LogP) is 2.47. The zero-order chi connectivity index (χ0) is 22.0. The number of rotatable bonds is 6. The molecule has 9 nitrogen and oxygen atoms in total. The molecule has 0 radical (unpaired) electrons. The number of aryl methyl sites for hydroxylation is 1. The molecule has 4 rings (SSSR count).